The molecule has 1 N–H and O–H groups in total. The van der Waals surface area contributed by atoms with Gasteiger partial charge < -0.3 is 19.5 Å². The lowest BCUT2D eigenvalue weighted by atomic mass is 10.1. The van der Waals surface area contributed by atoms with Gasteiger partial charge in [0.1, 0.15) is 17.2 Å². The quantitative estimate of drug-likeness (QED) is 0.428. The van der Waals surface area contributed by atoms with E-state index < -0.39 is 24.3 Å². The second-order valence-corrected chi connectivity index (χ2v) is 5.72. The minimum atomic E-state index is -0.825. The summed E-state index contributed by atoms with van der Waals surface area (Å²) in [6, 6.07) is 13.7. The van der Waals surface area contributed by atoms with Crippen molar-refractivity contribution in [2.75, 3.05) is 20.8 Å². The second kappa shape index (κ2) is 9.91. The molecule has 0 aliphatic carbocycles. The zero-order valence-electron chi connectivity index (χ0n) is 15.9. The number of amides is 1. The number of hydrogen-bond donors (Lipinski definition) is 1. The van der Waals surface area contributed by atoms with Gasteiger partial charge in [-0.2, -0.15) is 0 Å². The number of benzene rings is 2. The minimum absolute atomic E-state index is 0.0656. The smallest absolute Gasteiger partial charge is 0.355 e. The van der Waals surface area contributed by atoms with Crippen LogP contribution in [0.25, 0.3) is 6.08 Å². The highest BCUT2D eigenvalue weighted by atomic mass is 16.5. The number of nitrogens with one attached hydrogen (secondary N) is 1. The molecule has 0 atom stereocenters. The van der Waals surface area contributed by atoms with Crippen LogP contribution in [0.5, 0.6) is 11.5 Å². The van der Waals surface area contributed by atoms with E-state index in [2.05, 4.69) is 5.32 Å². The van der Waals surface area contributed by atoms with Crippen LogP contribution in [-0.2, 0) is 14.3 Å². The highest BCUT2D eigenvalue weighted by Crippen LogP contribution is 2.24. The van der Waals surface area contributed by atoms with Crippen LogP contribution in [0.4, 0.5) is 0 Å². The molecule has 0 unspecified atom stereocenters. The molecule has 0 aromatic heterocycles. The van der Waals surface area contributed by atoms with E-state index in [-0.39, 0.29) is 11.3 Å². The van der Waals surface area contributed by atoms with E-state index in [0.717, 1.165) is 0 Å². The van der Waals surface area contributed by atoms with Crippen molar-refractivity contribution in [3.63, 3.8) is 0 Å². The van der Waals surface area contributed by atoms with Crippen molar-refractivity contribution in [2.45, 2.75) is 6.92 Å². The molecule has 2 rings (SSSR count). The summed E-state index contributed by atoms with van der Waals surface area (Å²) in [5.41, 5.74) is 0.857. The molecule has 146 valence electrons. The number of carbonyl (C=O) groups is 3. The Morgan fingerprint density at radius 2 is 1.71 bits per heavy atom. The monoisotopic (exact) mass is 383 g/mol. The first-order valence-corrected chi connectivity index (χ1v) is 8.41. The Bertz CT molecular complexity index is 889. The molecule has 0 heterocycles. The van der Waals surface area contributed by atoms with Gasteiger partial charge in [-0.15, -0.1) is 0 Å². The third kappa shape index (κ3) is 5.70. The van der Waals surface area contributed by atoms with Crippen LogP contribution in [0.1, 0.15) is 22.8 Å². The number of esters is 1. The maximum Gasteiger partial charge on any atom is 0.355 e. The molecule has 0 saturated carbocycles. The summed E-state index contributed by atoms with van der Waals surface area (Å²) in [5.74, 6) is -0.915. The van der Waals surface area contributed by atoms with E-state index in [9.17, 15) is 14.4 Å². The molecule has 0 spiro atoms. The molecule has 7 heteroatoms. The molecule has 0 bridgehead atoms. The van der Waals surface area contributed by atoms with Gasteiger partial charge in [0.05, 0.1) is 19.8 Å². The molecule has 1 amide bonds. The Labute approximate surface area is 162 Å². The van der Waals surface area contributed by atoms with Gasteiger partial charge in [0.15, 0.2) is 6.61 Å². The molecule has 0 aliphatic heterocycles. The molecular weight excluding hydrogens is 362 g/mol. The van der Waals surface area contributed by atoms with Crippen molar-refractivity contribution >= 4 is 23.7 Å². The van der Waals surface area contributed by atoms with E-state index in [1.165, 1.54) is 33.3 Å². The Morgan fingerprint density at radius 1 is 1.00 bits per heavy atom. The number of ketones is 1. The largest absolute Gasteiger partial charge is 0.497 e. The van der Waals surface area contributed by atoms with Crippen molar-refractivity contribution in [1.82, 2.24) is 5.32 Å². The first kappa shape index (κ1) is 20.7. The fraction of sp³-hybridized carbons (Fsp3) is 0.190. The number of hydrogen-bond acceptors (Lipinski definition) is 6. The maximum absolute atomic E-state index is 12.5. The van der Waals surface area contributed by atoms with E-state index in [1.807, 2.05) is 6.07 Å². The SMILES string of the molecule is COc1ccc(OC)c(C(=O)COC(=O)/C(=C/c2ccccc2)NC(C)=O)c1. The predicted octanol–water partition coefficient (Wildman–Crippen LogP) is 2.61. The zero-order chi connectivity index (χ0) is 20.5. The van der Waals surface area contributed by atoms with Gasteiger partial charge in [-0.05, 0) is 29.8 Å². The topological polar surface area (TPSA) is 90.9 Å². The van der Waals surface area contributed by atoms with Crippen molar-refractivity contribution in [3.8, 4) is 11.5 Å². The highest BCUT2D eigenvalue weighted by Gasteiger charge is 2.18. The molecule has 2 aromatic rings. The predicted molar refractivity (Wildman–Crippen MR) is 103 cm³/mol. The lowest BCUT2D eigenvalue weighted by Crippen LogP contribution is -2.27. The van der Waals surface area contributed by atoms with Crippen molar-refractivity contribution < 1.29 is 28.6 Å². The summed E-state index contributed by atoms with van der Waals surface area (Å²) in [6.45, 7) is 0.756. The van der Waals surface area contributed by atoms with Gasteiger partial charge in [0.25, 0.3) is 0 Å². The molecular formula is C21H21NO6. The van der Waals surface area contributed by atoms with Gasteiger partial charge in [0, 0.05) is 6.92 Å². The van der Waals surface area contributed by atoms with Crippen LogP contribution in [0.15, 0.2) is 54.2 Å². The van der Waals surface area contributed by atoms with E-state index in [1.54, 1.807) is 36.4 Å². The molecule has 0 radical (unpaired) electrons. The summed E-state index contributed by atoms with van der Waals surface area (Å²) in [7, 11) is 2.91. The summed E-state index contributed by atoms with van der Waals surface area (Å²) in [6.07, 6.45) is 1.47. The summed E-state index contributed by atoms with van der Waals surface area (Å²) in [5, 5.41) is 2.42. The number of Topliss-reactive ketones (excluding diaryl/α,β-unsaturated/α-hetero) is 1. The van der Waals surface area contributed by atoms with Crippen LogP contribution < -0.4 is 14.8 Å². The Hall–Kier alpha value is -3.61. The molecule has 0 saturated heterocycles. The Kier molecular flexibility index (Phi) is 7.33. The standard InChI is InChI=1S/C21H21NO6/c1-14(23)22-18(11-15-7-5-4-6-8-15)21(25)28-13-19(24)17-12-16(26-2)9-10-20(17)27-3/h4-12H,13H2,1-3H3,(H,22,23)/b18-11-. The van der Waals surface area contributed by atoms with Gasteiger partial charge in [-0.25, -0.2) is 4.79 Å². The summed E-state index contributed by atoms with van der Waals surface area (Å²) in [4.78, 5) is 36.3. The van der Waals surface area contributed by atoms with Crippen molar-refractivity contribution in [3.05, 3.63) is 65.4 Å². The Morgan fingerprint density at radius 3 is 2.32 bits per heavy atom. The van der Waals surface area contributed by atoms with Crippen molar-refractivity contribution in [1.29, 1.82) is 0 Å². The van der Waals surface area contributed by atoms with E-state index >= 15 is 0 Å². The fourth-order valence-electron chi connectivity index (χ4n) is 2.37. The number of carbonyl (C=O) groups excluding carboxylic acids is 3. The first-order chi connectivity index (χ1) is 13.4. The number of rotatable bonds is 8. The van der Waals surface area contributed by atoms with Crippen LogP contribution in [-0.4, -0.2) is 38.5 Å². The molecule has 0 fully saturated rings. The maximum atomic E-state index is 12.5. The summed E-state index contributed by atoms with van der Waals surface area (Å²) < 4.78 is 15.4. The van der Waals surface area contributed by atoms with Gasteiger partial charge in [0.2, 0.25) is 11.7 Å². The normalized spacial score (nSPS) is 10.8. The van der Waals surface area contributed by atoms with Gasteiger partial charge in [-0.3, -0.25) is 9.59 Å². The van der Waals surface area contributed by atoms with Crippen LogP contribution in [0.3, 0.4) is 0 Å². The Balaban J connectivity index is 2.15. The third-order valence-corrected chi connectivity index (χ3v) is 3.68. The van der Waals surface area contributed by atoms with E-state index in [4.69, 9.17) is 14.2 Å². The van der Waals surface area contributed by atoms with Crippen LogP contribution in [0, 0.1) is 0 Å². The average molecular weight is 383 g/mol. The van der Waals surface area contributed by atoms with Crippen molar-refractivity contribution in [2.24, 2.45) is 0 Å². The zero-order valence-corrected chi connectivity index (χ0v) is 15.9. The fourth-order valence-corrected chi connectivity index (χ4v) is 2.37. The molecule has 7 nitrogen and oxygen atoms in total. The van der Waals surface area contributed by atoms with Crippen LogP contribution >= 0.6 is 0 Å². The number of methoxy groups -OCH3 is 2. The molecule has 0 aliphatic rings. The molecule has 28 heavy (non-hydrogen) atoms. The van der Waals surface area contributed by atoms with Gasteiger partial charge >= 0.3 is 5.97 Å². The first-order valence-electron chi connectivity index (χ1n) is 8.41. The molecule has 2 aromatic carbocycles. The highest BCUT2D eigenvalue weighted by molar-refractivity contribution is 6.03. The average Bonchev–Trinajstić information content (AvgIpc) is 2.71. The lowest BCUT2D eigenvalue weighted by molar-refractivity contribution is -0.139. The third-order valence-electron chi connectivity index (χ3n) is 3.68. The lowest BCUT2D eigenvalue weighted by Gasteiger charge is -2.11. The summed E-state index contributed by atoms with van der Waals surface area (Å²) >= 11 is 0. The number of ether oxygens (including phenoxy) is 3. The second-order valence-electron chi connectivity index (χ2n) is 5.72. The van der Waals surface area contributed by atoms with E-state index in [0.29, 0.717) is 17.1 Å². The minimum Gasteiger partial charge on any atom is -0.497 e. The van der Waals surface area contributed by atoms with Crippen LogP contribution in [0.2, 0.25) is 0 Å². The van der Waals surface area contributed by atoms with Gasteiger partial charge in [-0.1, -0.05) is 30.3 Å².